The first kappa shape index (κ1) is 17.5. The molecule has 1 aliphatic heterocycles. The van der Waals surface area contributed by atoms with Crippen molar-refractivity contribution in [2.24, 2.45) is 5.92 Å². The quantitative estimate of drug-likeness (QED) is 0.762. The number of likely N-dealkylation sites (tertiary alicyclic amines) is 1. The summed E-state index contributed by atoms with van der Waals surface area (Å²) in [7, 11) is 2.13. The van der Waals surface area contributed by atoms with Crippen molar-refractivity contribution in [1.82, 2.24) is 29.6 Å². The largest absolute Gasteiger partial charge is 0.325 e. The maximum atomic E-state index is 13.7. The van der Waals surface area contributed by atoms with Gasteiger partial charge in [-0.25, -0.2) is 19.0 Å². The highest BCUT2D eigenvalue weighted by atomic mass is 19.1. The maximum Gasteiger partial charge on any atom is 0.266 e. The summed E-state index contributed by atoms with van der Waals surface area (Å²) < 4.78 is 15.3. The molecule has 0 saturated carbocycles. The minimum Gasteiger partial charge on any atom is -0.325 e. The van der Waals surface area contributed by atoms with Gasteiger partial charge in [0.1, 0.15) is 11.5 Å². The second-order valence-corrected chi connectivity index (χ2v) is 6.99. The lowest BCUT2D eigenvalue weighted by Gasteiger charge is -2.28. The molecule has 140 valence electrons. The Morgan fingerprint density at radius 1 is 1.30 bits per heavy atom. The molecule has 1 aromatic carbocycles. The van der Waals surface area contributed by atoms with Crippen molar-refractivity contribution in [2.75, 3.05) is 20.1 Å². The lowest BCUT2D eigenvalue weighted by Crippen LogP contribution is -2.31. The second-order valence-electron chi connectivity index (χ2n) is 6.99. The van der Waals surface area contributed by atoms with E-state index in [1.807, 2.05) is 0 Å². The fraction of sp³-hybridized carbons (Fsp3) is 0.368. The average molecular weight is 368 g/mol. The SMILES string of the molecule is CN1CCC(Cc2nc(-c3c[nH]c(=O)cn3)n(-c3cccc(F)c3)n2)CC1. The maximum absolute atomic E-state index is 13.7. The van der Waals surface area contributed by atoms with Crippen molar-refractivity contribution in [3.8, 4) is 17.2 Å². The standard InChI is InChI=1S/C19H21FN6O/c1-25-7-5-13(6-8-25)9-17-23-19(16-11-22-18(27)12-21-16)26(24-17)15-4-2-3-14(20)10-15/h2-4,10-13H,5-9H2,1H3,(H,22,27). The predicted molar refractivity (Wildman–Crippen MR) is 99.1 cm³/mol. The third-order valence-electron chi connectivity index (χ3n) is 4.91. The number of nitrogens with zero attached hydrogens (tertiary/aromatic N) is 5. The number of piperidine rings is 1. The van der Waals surface area contributed by atoms with E-state index in [-0.39, 0.29) is 11.4 Å². The Hall–Kier alpha value is -2.87. The minimum atomic E-state index is -0.347. The van der Waals surface area contributed by atoms with Crippen molar-refractivity contribution in [3.63, 3.8) is 0 Å². The van der Waals surface area contributed by atoms with Crippen molar-refractivity contribution < 1.29 is 4.39 Å². The molecular formula is C19H21FN6O. The van der Waals surface area contributed by atoms with Crippen LogP contribution in [0.25, 0.3) is 17.2 Å². The number of nitrogens with one attached hydrogen (secondary N) is 1. The molecule has 1 saturated heterocycles. The molecule has 27 heavy (non-hydrogen) atoms. The molecule has 0 unspecified atom stereocenters. The van der Waals surface area contributed by atoms with Crippen molar-refractivity contribution >= 4 is 0 Å². The van der Waals surface area contributed by atoms with Crippen LogP contribution in [0, 0.1) is 11.7 Å². The van der Waals surface area contributed by atoms with Gasteiger partial charge in [0.05, 0.1) is 11.9 Å². The molecule has 0 spiro atoms. The Bertz CT molecular complexity index is 969. The van der Waals surface area contributed by atoms with Gasteiger partial charge in [-0.1, -0.05) is 6.07 Å². The topological polar surface area (TPSA) is 79.7 Å². The molecule has 0 atom stereocenters. The van der Waals surface area contributed by atoms with Gasteiger partial charge in [-0.2, -0.15) is 5.10 Å². The molecule has 3 aromatic rings. The zero-order valence-corrected chi connectivity index (χ0v) is 15.1. The number of rotatable bonds is 4. The Kier molecular flexibility index (Phi) is 4.81. The van der Waals surface area contributed by atoms with E-state index in [1.165, 1.54) is 24.5 Å². The van der Waals surface area contributed by atoms with E-state index >= 15 is 0 Å². The Labute approximate surface area is 155 Å². The molecule has 0 aliphatic carbocycles. The van der Waals surface area contributed by atoms with E-state index in [0.29, 0.717) is 28.9 Å². The van der Waals surface area contributed by atoms with E-state index in [2.05, 4.69) is 32.0 Å². The van der Waals surface area contributed by atoms with Gasteiger partial charge in [0.15, 0.2) is 11.6 Å². The highest BCUT2D eigenvalue weighted by molar-refractivity contribution is 5.52. The number of benzene rings is 1. The van der Waals surface area contributed by atoms with E-state index in [9.17, 15) is 9.18 Å². The van der Waals surface area contributed by atoms with Crippen LogP contribution in [0.15, 0.2) is 41.5 Å². The lowest BCUT2D eigenvalue weighted by molar-refractivity contribution is 0.217. The Balaban J connectivity index is 1.70. The van der Waals surface area contributed by atoms with E-state index < -0.39 is 0 Å². The van der Waals surface area contributed by atoms with Crippen LogP contribution in [0.3, 0.4) is 0 Å². The van der Waals surface area contributed by atoms with Crippen LogP contribution in [0.5, 0.6) is 0 Å². The van der Waals surface area contributed by atoms with E-state index in [4.69, 9.17) is 0 Å². The van der Waals surface area contributed by atoms with Crippen LogP contribution >= 0.6 is 0 Å². The van der Waals surface area contributed by atoms with Crippen LogP contribution in [-0.4, -0.2) is 49.8 Å². The highest BCUT2D eigenvalue weighted by Gasteiger charge is 2.21. The first-order valence-electron chi connectivity index (χ1n) is 9.04. The number of H-pyrrole nitrogens is 1. The summed E-state index contributed by atoms with van der Waals surface area (Å²) in [6, 6.07) is 6.19. The van der Waals surface area contributed by atoms with Crippen molar-refractivity contribution in [1.29, 1.82) is 0 Å². The molecule has 3 heterocycles. The molecule has 1 N–H and O–H groups in total. The molecule has 0 radical (unpaired) electrons. The Morgan fingerprint density at radius 2 is 2.11 bits per heavy atom. The summed E-state index contributed by atoms with van der Waals surface area (Å²) >= 11 is 0. The smallest absolute Gasteiger partial charge is 0.266 e. The summed E-state index contributed by atoms with van der Waals surface area (Å²) in [6.45, 7) is 2.15. The monoisotopic (exact) mass is 368 g/mol. The average Bonchev–Trinajstić information content (AvgIpc) is 3.08. The fourth-order valence-corrected chi connectivity index (χ4v) is 3.38. The zero-order chi connectivity index (χ0) is 18.8. The molecule has 1 aliphatic rings. The van der Waals surface area contributed by atoms with Gasteiger partial charge < -0.3 is 9.88 Å². The van der Waals surface area contributed by atoms with E-state index in [0.717, 1.165) is 32.4 Å². The second kappa shape index (κ2) is 7.40. The molecule has 1 fully saturated rings. The van der Waals surface area contributed by atoms with Crippen LogP contribution < -0.4 is 5.56 Å². The van der Waals surface area contributed by atoms with Crippen molar-refractivity contribution in [3.05, 3.63) is 58.7 Å². The summed E-state index contributed by atoms with van der Waals surface area (Å²) in [4.78, 5) is 25.1. The van der Waals surface area contributed by atoms with Gasteiger partial charge in [0, 0.05) is 12.6 Å². The third-order valence-corrected chi connectivity index (χ3v) is 4.91. The molecule has 0 bridgehead atoms. The first-order valence-corrected chi connectivity index (χ1v) is 9.04. The number of halogens is 1. The number of hydrogen-bond acceptors (Lipinski definition) is 5. The third kappa shape index (κ3) is 3.95. The van der Waals surface area contributed by atoms with Gasteiger partial charge in [-0.05, 0) is 57.1 Å². The van der Waals surface area contributed by atoms with Gasteiger partial charge in [-0.15, -0.1) is 0 Å². The molecule has 2 aromatic heterocycles. The minimum absolute atomic E-state index is 0.290. The van der Waals surface area contributed by atoms with Gasteiger partial charge in [0.2, 0.25) is 0 Å². The fourth-order valence-electron chi connectivity index (χ4n) is 3.38. The predicted octanol–water partition coefficient (Wildman–Crippen LogP) is 2.04. The van der Waals surface area contributed by atoms with Gasteiger partial charge in [0.25, 0.3) is 5.56 Å². The van der Waals surface area contributed by atoms with Gasteiger partial charge in [-0.3, -0.25) is 4.79 Å². The van der Waals surface area contributed by atoms with Crippen molar-refractivity contribution in [2.45, 2.75) is 19.3 Å². The zero-order valence-electron chi connectivity index (χ0n) is 15.1. The van der Waals surface area contributed by atoms with Crippen LogP contribution in [0.1, 0.15) is 18.7 Å². The number of aromatic amines is 1. The van der Waals surface area contributed by atoms with Crippen LogP contribution in [0.2, 0.25) is 0 Å². The normalized spacial score (nSPS) is 15.9. The van der Waals surface area contributed by atoms with Crippen LogP contribution in [0.4, 0.5) is 4.39 Å². The summed E-state index contributed by atoms with van der Waals surface area (Å²) in [5.74, 6) is 1.37. The Morgan fingerprint density at radius 3 is 2.81 bits per heavy atom. The summed E-state index contributed by atoms with van der Waals surface area (Å²) in [6.07, 6.45) is 5.69. The molecule has 8 heteroatoms. The van der Waals surface area contributed by atoms with E-state index in [1.54, 1.807) is 16.8 Å². The highest BCUT2D eigenvalue weighted by Crippen LogP contribution is 2.23. The molecule has 7 nitrogen and oxygen atoms in total. The van der Waals surface area contributed by atoms with Gasteiger partial charge >= 0.3 is 0 Å². The first-order chi connectivity index (χ1) is 13.1. The molecule has 0 amide bonds. The van der Waals surface area contributed by atoms with Crippen LogP contribution in [-0.2, 0) is 6.42 Å². The molecular weight excluding hydrogens is 347 g/mol. The number of hydrogen-bond donors (Lipinski definition) is 1. The molecule has 4 rings (SSSR count). The summed E-state index contributed by atoms with van der Waals surface area (Å²) in [5, 5.41) is 4.63. The lowest BCUT2D eigenvalue weighted by atomic mass is 9.94. The number of aromatic nitrogens is 5. The summed E-state index contributed by atoms with van der Waals surface area (Å²) in [5.41, 5.74) is 0.767.